The molecule has 1 unspecified atom stereocenters. The maximum absolute atomic E-state index is 11.1. The molecule has 0 amide bonds. The smallest absolute Gasteiger partial charge is 0.204 e. The maximum atomic E-state index is 11.1. The molecule has 4 heteroatoms. The first kappa shape index (κ1) is 10.3. The molecule has 1 aliphatic rings. The zero-order chi connectivity index (χ0) is 11.7. The quantitative estimate of drug-likeness (QED) is 0.802. The Bertz CT molecular complexity index is 501. The molecule has 1 aliphatic heterocycles. The molecule has 1 aromatic carbocycles. The molecule has 0 bridgehead atoms. The minimum absolute atomic E-state index is 0.0238. The van der Waals surface area contributed by atoms with Crippen molar-refractivity contribution in [3.63, 3.8) is 0 Å². The number of rotatable bonds is 2. The van der Waals surface area contributed by atoms with Crippen LogP contribution in [0.15, 0.2) is 24.3 Å². The van der Waals surface area contributed by atoms with Gasteiger partial charge in [0.1, 0.15) is 6.29 Å². The molecule has 0 radical (unpaired) electrons. The van der Waals surface area contributed by atoms with Gasteiger partial charge in [0.2, 0.25) is 5.95 Å². The van der Waals surface area contributed by atoms with Crippen LogP contribution in [0.2, 0.25) is 0 Å². The number of imidazole rings is 1. The van der Waals surface area contributed by atoms with Crippen LogP contribution in [0, 0.1) is 0 Å². The molecule has 0 aliphatic carbocycles. The predicted molar refractivity (Wildman–Crippen MR) is 67.1 cm³/mol. The number of aromatic amines is 1. The normalized spacial score (nSPS) is 20.7. The van der Waals surface area contributed by atoms with E-state index in [4.69, 9.17) is 0 Å². The molecule has 2 heterocycles. The van der Waals surface area contributed by atoms with Crippen molar-refractivity contribution in [3.8, 4) is 0 Å². The molecule has 88 valence electrons. The highest BCUT2D eigenvalue weighted by Gasteiger charge is 2.24. The molecule has 1 atom stereocenters. The molecule has 1 fully saturated rings. The molecule has 2 aromatic rings. The number of para-hydroxylation sites is 2. The van der Waals surface area contributed by atoms with Crippen LogP contribution in [-0.4, -0.2) is 28.8 Å². The second-order valence-corrected chi connectivity index (χ2v) is 4.47. The third-order valence-corrected chi connectivity index (χ3v) is 3.36. The Morgan fingerprint density at radius 1 is 1.35 bits per heavy atom. The van der Waals surface area contributed by atoms with Crippen LogP contribution >= 0.6 is 0 Å². The first-order chi connectivity index (χ1) is 8.38. The number of hydrogen-bond acceptors (Lipinski definition) is 3. The van der Waals surface area contributed by atoms with Crippen LogP contribution in [-0.2, 0) is 4.79 Å². The van der Waals surface area contributed by atoms with Crippen molar-refractivity contribution in [2.45, 2.75) is 25.3 Å². The number of aldehydes is 1. The molecule has 0 spiro atoms. The van der Waals surface area contributed by atoms with E-state index in [0.29, 0.717) is 0 Å². The fraction of sp³-hybridized carbons (Fsp3) is 0.385. The number of anilines is 1. The van der Waals surface area contributed by atoms with Gasteiger partial charge in [-0.2, -0.15) is 0 Å². The minimum Gasteiger partial charge on any atom is -0.333 e. The van der Waals surface area contributed by atoms with E-state index in [-0.39, 0.29) is 6.04 Å². The van der Waals surface area contributed by atoms with Gasteiger partial charge < -0.3 is 14.7 Å². The lowest BCUT2D eigenvalue weighted by atomic mass is 10.0. The summed E-state index contributed by atoms with van der Waals surface area (Å²) < 4.78 is 0. The van der Waals surface area contributed by atoms with Gasteiger partial charge in [0.15, 0.2) is 0 Å². The van der Waals surface area contributed by atoms with E-state index >= 15 is 0 Å². The molecule has 4 nitrogen and oxygen atoms in total. The predicted octanol–water partition coefficient (Wildman–Crippen LogP) is 2.12. The van der Waals surface area contributed by atoms with Crippen LogP contribution in [0.1, 0.15) is 19.3 Å². The minimum atomic E-state index is -0.0238. The number of fused-ring (bicyclic) bond motifs is 1. The van der Waals surface area contributed by atoms with Crippen molar-refractivity contribution in [1.82, 2.24) is 9.97 Å². The number of nitrogens with zero attached hydrogens (tertiary/aromatic N) is 2. The number of benzene rings is 1. The van der Waals surface area contributed by atoms with E-state index in [2.05, 4.69) is 14.9 Å². The first-order valence-corrected chi connectivity index (χ1v) is 6.05. The van der Waals surface area contributed by atoms with E-state index in [1.807, 2.05) is 24.3 Å². The van der Waals surface area contributed by atoms with Gasteiger partial charge in [-0.05, 0) is 31.4 Å². The monoisotopic (exact) mass is 229 g/mol. The van der Waals surface area contributed by atoms with Gasteiger partial charge in [0.25, 0.3) is 0 Å². The van der Waals surface area contributed by atoms with Crippen LogP contribution in [0.4, 0.5) is 5.95 Å². The average Bonchev–Trinajstić information content (AvgIpc) is 2.82. The van der Waals surface area contributed by atoms with Gasteiger partial charge in [0.05, 0.1) is 17.1 Å². The van der Waals surface area contributed by atoms with Gasteiger partial charge in [-0.3, -0.25) is 0 Å². The van der Waals surface area contributed by atoms with Crippen molar-refractivity contribution in [2.24, 2.45) is 0 Å². The second kappa shape index (κ2) is 4.20. The standard InChI is InChI=1S/C13H15N3O/c17-9-10-5-3-4-8-16(10)13-14-11-6-1-2-7-12(11)15-13/h1-2,6-7,9-10H,3-5,8H2,(H,14,15). The Hall–Kier alpha value is -1.84. The van der Waals surface area contributed by atoms with Crippen molar-refractivity contribution in [3.05, 3.63) is 24.3 Å². The molecule has 0 saturated carbocycles. The number of piperidine rings is 1. The summed E-state index contributed by atoms with van der Waals surface area (Å²) in [6, 6.07) is 7.92. The lowest BCUT2D eigenvalue weighted by Gasteiger charge is -2.31. The van der Waals surface area contributed by atoms with Gasteiger partial charge in [-0.15, -0.1) is 0 Å². The number of aromatic nitrogens is 2. The summed E-state index contributed by atoms with van der Waals surface area (Å²) in [5, 5.41) is 0. The fourth-order valence-electron chi connectivity index (χ4n) is 2.44. The largest absolute Gasteiger partial charge is 0.333 e. The Labute approximate surface area is 99.6 Å². The second-order valence-electron chi connectivity index (χ2n) is 4.47. The van der Waals surface area contributed by atoms with Crippen LogP contribution in [0.25, 0.3) is 11.0 Å². The average molecular weight is 229 g/mol. The summed E-state index contributed by atoms with van der Waals surface area (Å²) in [7, 11) is 0. The highest BCUT2D eigenvalue weighted by molar-refractivity contribution is 5.78. The summed E-state index contributed by atoms with van der Waals surface area (Å²) in [5.41, 5.74) is 1.98. The zero-order valence-corrected chi connectivity index (χ0v) is 9.60. The van der Waals surface area contributed by atoms with Gasteiger partial charge >= 0.3 is 0 Å². The Kier molecular flexibility index (Phi) is 2.55. The molecular weight excluding hydrogens is 214 g/mol. The summed E-state index contributed by atoms with van der Waals surface area (Å²) in [4.78, 5) is 21.0. The Morgan fingerprint density at radius 3 is 3.06 bits per heavy atom. The van der Waals surface area contributed by atoms with E-state index in [9.17, 15) is 4.79 Å². The van der Waals surface area contributed by atoms with Crippen molar-refractivity contribution < 1.29 is 4.79 Å². The summed E-state index contributed by atoms with van der Waals surface area (Å²) in [5.74, 6) is 0.822. The van der Waals surface area contributed by atoms with Crippen molar-refractivity contribution in [2.75, 3.05) is 11.4 Å². The summed E-state index contributed by atoms with van der Waals surface area (Å²) in [6.07, 6.45) is 4.22. The number of nitrogens with one attached hydrogen (secondary N) is 1. The third-order valence-electron chi connectivity index (χ3n) is 3.36. The molecule has 3 rings (SSSR count). The van der Waals surface area contributed by atoms with Gasteiger partial charge in [-0.25, -0.2) is 4.98 Å². The molecular formula is C13H15N3O. The van der Waals surface area contributed by atoms with Gasteiger partial charge in [0, 0.05) is 6.54 Å². The summed E-state index contributed by atoms with van der Waals surface area (Å²) >= 11 is 0. The zero-order valence-electron chi connectivity index (χ0n) is 9.60. The number of H-pyrrole nitrogens is 1. The number of hydrogen-bond donors (Lipinski definition) is 1. The van der Waals surface area contributed by atoms with Crippen LogP contribution < -0.4 is 4.90 Å². The molecule has 1 aromatic heterocycles. The highest BCUT2D eigenvalue weighted by atomic mass is 16.1. The fourth-order valence-corrected chi connectivity index (χ4v) is 2.44. The lowest BCUT2D eigenvalue weighted by molar-refractivity contribution is -0.109. The van der Waals surface area contributed by atoms with Crippen molar-refractivity contribution in [1.29, 1.82) is 0 Å². The molecule has 1 saturated heterocycles. The number of carbonyl (C=O) groups excluding carboxylic acids is 1. The maximum Gasteiger partial charge on any atom is 0.204 e. The molecule has 1 N–H and O–H groups in total. The van der Waals surface area contributed by atoms with Crippen LogP contribution in [0.5, 0.6) is 0 Å². The molecule has 17 heavy (non-hydrogen) atoms. The Balaban J connectivity index is 1.98. The highest BCUT2D eigenvalue weighted by Crippen LogP contribution is 2.23. The van der Waals surface area contributed by atoms with E-state index in [0.717, 1.165) is 49.1 Å². The Morgan fingerprint density at radius 2 is 2.24 bits per heavy atom. The first-order valence-electron chi connectivity index (χ1n) is 6.05. The van der Waals surface area contributed by atoms with Crippen molar-refractivity contribution >= 4 is 23.3 Å². The number of carbonyl (C=O) groups is 1. The van der Waals surface area contributed by atoms with Crippen LogP contribution in [0.3, 0.4) is 0 Å². The third kappa shape index (κ3) is 1.79. The SMILES string of the molecule is O=CC1CCCCN1c1nc2ccccc2[nH]1. The van der Waals surface area contributed by atoms with E-state index < -0.39 is 0 Å². The lowest BCUT2D eigenvalue weighted by Crippen LogP contribution is -2.41. The van der Waals surface area contributed by atoms with E-state index in [1.165, 1.54) is 0 Å². The van der Waals surface area contributed by atoms with E-state index in [1.54, 1.807) is 0 Å². The van der Waals surface area contributed by atoms with Gasteiger partial charge in [-0.1, -0.05) is 12.1 Å². The summed E-state index contributed by atoms with van der Waals surface area (Å²) in [6.45, 7) is 0.906. The topological polar surface area (TPSA) is 49.0 Å².